The standard InChI is InChI=1S/C25H27FN8O/c1-15-28-14-34(32-15)21-10-9-18(11-22(21)35-4)29-25-30-23-19(16-5-7-17(26)8-6-16)12-33(3)13-20(23)24(27-2)31-25/h5-11,14,19H,12-13H2,1-4H3,(H2,27,29,30,31). The molecule has 2 aromatic heterocycles. The molecule has 0 aliphatic carbocycles. The largest absolute Gasteiger partial charge is 0.494 e. The fourth-order valence-corrected chi connectivity index (χ4v) is 4.43. The number of ether oxygens (including phenoxy) is 1. The van der Waals surface area contributed by atoms with Crippen molar-refractivity contribution in [2.24, 2.45) is 0 Å². The van der Waals surface area contributed by atoms with Crippen molar-refractivity contribution >= 4 is 17.5 Å². The van der Waals surface area contributed by atoms with Gasteiger partial charge in [0.15, 0.2) is 0 Å². The molecule has 4 aromatic rings. The van der Waals surface area contributed by atoms with E-state index >= 15 is 0 Å². The molecule has 180 valence electrons. The van der Waals surface area contributed by atoms with Gasteiger partial charge < -0.3 is 20.3 Å². The summed E-state index contributed by atoms with van der Waals surface area (Å²) in [5.74, 6) is 2.29. The third kappa shape index (κ3) is 4.52. The maximum atomic E-state index is 13.6. The molecule has 9 nitrogen and oxygen atoms in total. The van der Waals surface area contributed by atoms with E-state index in [0.717, 1.165) is 47.1 Å². The highest BCUT2D eigenvalue weighted by atomic mass is 19.1. The van der Waals surface area contributed by atoms with E-state index in [-0.39, 0.29) is 11.7 Å². The first-order valence-electron chi connectivity index (χ1n) is 11.3. The number of nitrogens with one attached hydrogen (secondary N) is 2. The van der Waals surface area contributed by atoms with Gasteiger partial charge in [0.2, 0.25) is 5.95 Å². The van der Waals surface area contributed by atoms with Crippen LogP contribution in [-0.2, 0) is 6.54 Å². The minimum Gasteiger partial charge on any atom is -0.494 e. The summed E-state index contributed by atoms with van der Waals surface area (Å²) in [5, 5.41) is 10.9. The van der Waals surface area contributed by atoms with Crippen LogP contribution in [0.15, 0.2) is 48.8 Å². The number of benzene rings is 2. The van der Waals surface area contributed by atoms with Crippen LogP contribution in [0.5, 0.6) is 5.75 Å². The van der Waals surface area contributed by atoms with Gasteiger partial charge in [-0.05, 0) is 43.8 Å². The third-order valence-corrected chi connectivity index (χ3v) is 6.09. The summed E-state index contributed by atoms with van der Waals surface area (Å²) >= 11 is 0. The lowest BCUT2D eigenvalue weighted by atomic mass is 9.89. The van der Waals surface area contributed by atoms with Crippen LogP contribution in [0.3, 0.4) is 0 Å². The minimum atomic E-state index is -0.252. The molecule has 1 aliphatic rings. The van der Waals surface area contributed by atoms with Crippen molar-refractivity contribution in [3.63, 3.8) is 0 Å². The first-order chi connectivity index (χ1) is 16.9. The zero-order valence-corrected chi connectivity index (χ0v) is 20.1. The fraction of sp³-hybridized carbons (Fsp3) is 0.280. The Hall–Kier alpha value is -4.05. The van der Waals surface area contributed by atoms with Crippen molar-refractivity contribution in [1.29, 1.82) is 0 Å². The number of hydrogen-bond donors (Lipinski definition) is 2. The summed E-state index contributed by atoms with van der Waals surface area (Å²) in [5.41, 5.74) is 4.53. The van der Waals surface area contributed by atoms with Crippen LogP contribution in [0.4, 0.5) is 21.8 Å². The smallest absolute Gasteiger partial charge is 0.229 e. The summed E-state index contributed by atoms with van der Waals surface area (Å²) in [6.07, 6.45) is 1.65. The van der Waals surface area contributed by atoms with Gasteiger partial charge in [-0.25, -0.2) is 19.0 Å². The van der Waals surface area contributed by atoms with Crippen molar-refractivity contribution in [3.8, 4) is 11.4 Å². The van der Waals surface area contributed by atoms with E-state index in [2.05, 4.69) is 32.7 Å². The van der Waals surface area contributed by atoms with Crippen LogP contribution in [0, 0.1) is 12.7 Å². The molecule has 5 rings (SSSR count). The Balaban J connectivity index is 1.52. The second-order valence-electron chi connectivity index (χ2n) is 8.56. The SMILES string of the molecule is CNc1nc(Nc2ccc(-n3cnc(C)n3)c(OC)c2)nc2c1CN(C)CC2c1ccc(F)cc1. The predicted molar refractivity (Wildman–Crippen MR) is 132 cm³/mol. The van der Waals surface area contributed by atoms with Crippen LogP contribution in [-0.4, -0.2) is 57.4 Å². The Labute approximate surface area is 203 Å². The molecule has 0 fully saturated rings. The van der Waals surface area contributed by atoms with Gasteiger partial charge in [-0.1, -0.05) is 12.1 Å². The van der Waals surface area contributed by atoms with Crippen LogP contribution >= 0.6 is 0 Å². The normalized spacial score (nSPS) is 15.5. The number of methoxy groups -OCH3 is 1. The van der Waals surface area contributed by atoms with Gasteiger partial charge in [0.05, 0.1) is 12.8 Å². The number of likely N-dealkylation sites (N-methyl/N-ethyl adjacent to an activating group) is 1. The molecule has 0 spiro atoms. The zero-order valence-electron chi connectivity index (χ0n) is 20.1. The van der Waals surface area contributed by atoms with Crippen LogP contribution in [0.1, 0.15) is 28.6 Å². The summed E-state index contributed by atoms with van der Waals surface area (Å²) in [4.78, 5) is 16.1. The van der Waals surface area contributed by atoms with Crippen LogP contribution in [0.25, 0.3) is 5.69 Å². The number of anilines is 3. The van der Waals surface area contributed by atoms with Crippen molar-refractivity contribution < 1.29 is 9.13 Å². The van der Waals surface area contributed by atoms with Crippen molar-refractivity contribution in [2.45, 2.75) is 19.4 Å². The Morgan fingerprint density at radius 2 is 1.91 bits per heavy atom. The first kappa shape index (κ1) is 22.7. The Bertz CT molecular complexity index is 1350. The molecule has 0 saturated carbocycles. The molecular formula is C25H27FN8O. The van der Waals surface area contributed by atoms with Gasteiger partial charge in [-0.3, -0.25) is 0 Å². The number of rotatable bonds is 6. The highest BCUT2D eigenvalue weighted by Gasteiger charge is 2.29. The van der Waals surface area contributed by atoms with Crippen molar-refractivity contribution in [3.05, 3.63) is 77.3 Å². The number of fused-ring (bicyclic) bond motifs is 1. The van der Waals surface area contributed by atoms with E-state index in [1.807, 2.05) is 44.3 Å². The average molecular weight is 475 g/mol. The molecular weight excluding hydrogens is 447 g/mol. The summed E-state index contributed by atoms with van der Waals surface area (Å²) < 4.78 is 20.9. The number of aromatic nitrogens is 5. The van der Waals surface area contributed by atoms with E-state index in [4.69, 9.17) is 14.7 Å². The molecule has 0 bridgehead atoms. The molecule has 2 N–H and O–H groups in total. The highest BCUT2D eigenvalue weighted by molar-refractivity contribution is 5.63. The van der Waals surface area contributed by atoms with Crippen LogP contribution < -0.4 is 15.4 Å². The molecule has 1 aliphatic heterocycles. The molecule has 0 saturated heterocycles. The molecule has 1 atom stereocenters. The summed E-state index contributed by atoms with van der Waals surface area (Å²) in [7, 11) is 5.53. The molecule has 10 heteroatoms. The predicted octanol–water partition coefficient (Wildman–Crippen LogP) is 3.88. The van der Waals surface area contributed by atoms with E-state index in [1.54, 1.807) is 18.1 Å². The first-order valence-corrected chi connectivity index (χ1v) is 11.3. The lowest BCUT2D eigenvalue weighted by molar-refractivity contribution is 0.291. The minimum absolute atomic E-state index is 0.00697. The van der Waals surface area contributed by atoms with Gasteiger partial charge in [0.25, 0.3) is 0 Å². The van der Waals surface area contributed by atoms with E-state index in [1.165, 1.54) is 12.1 Å². The monoisotopic (exact) mass is 474 g/mol. The maximum Gasteiger partial charge on any atom is 0.229 e. The number of hydrogen-bond acceptors (Lipinski definition) is 8. The second-order valence-corrected chi connectivity index (χ2v) is 8.56. The second kappa shape index (κ2) is 9.30. The quantitative estimate of drug-likeness (QED) is 0.435. The molecule has 0 amide bonds. The van der Waals surface area contributed by atoms with E-state index in [9.17, 15) is 4.39 Å². The van der Waals surface area contributed by atoms with E-state index < -0.39 is 0 Å². The summed E-state index contributed by atoms with van der Waals surface area (Å²) in [6, 6.07) is 12.3. The van der Waals surface area contributed by atoms with Crippen molar-refractivity contribution in [2.75, 3.05) is 38.4 Å². The average Bonchev–Trinajstić information content (AvgIpc) is 3.29. The lowest BCUT2D eigenvalue weighted by Gasteiger charge is -2.32. The van der Waals surface area contributed by atoms with Gasteiger partial charge in [-0.15, -0.1) is 0 Å². The lowest BCUT2D eigenvalue weighted by Crippen LogP contribution is -2.33. The maximum absolute atomic E-state index is 13.6. The van der Waals surface area contributed by atoms with Gasteiger partial charge in [-0.2, -0.15) is 10.1 Å². The van der Waals surface area contributed by atoms with Gasteiger partial charge in [0, 0.05) is 43.4 Å². The van der Waals surface area contributed by atoms with Crippen LogP contribution in [0.2, 0.25) is 0 Å². The Morgan fingerprint density at radius 3 is 2.60 bits per heavy atom. The zero-order chi connectivity index (χ0) is 24.5. The van der Waals surface area contributed by atoms with Gasteiger partial charge in [0.1, 0.15) is 35.2 Å². The fourth-order valence-electron chi connectivity index (χ4n) is 4.43. The van der Waals surface area contributed by atoms with Crippen molar-refractivity contribution in [1.82, 2.24) is 29.6 Å². The third-order valence-electron chi connectivity index (χ3n) is 6.09. The Morgan fingerprint density at radius 1 is 1.11 bits per heavy atom. The molecule has 2 aromatic carbocycles. The number of halogens is 1. The topological polar surface area (TPSA) is 93.0 Å². The highest BCUT2D eigenvalue weighted by Crippen LogP contribution is 2.36. The summed E-state index contributed by atoms with van der Waals surface area (Å²) in [6.45, 7) is 3.34. The number of nitrogens with zero attached hydrogens (tertiary/aromatic N) is 6. The molecule has 3 heterocycles. The molecule has 0 radical (unpaired) electrons. The molecule has 1 unspecified atom stereocenters. The van der Waals surface area contributed by atoms with Gasteiger partial charge >= 0.3 is 0 Å². The molecule has 35 heavy (non-hydrogen) atoms. The Kier molecular flexibility index (Phi) is 6.04. The number of aryl methyl sites for hydroxylation is 1. The van der Waals surface area contributed by atoms with E-state index in [0.29, 0.717) is 17.5 Å².